The number of halogens is 1. The summed E-state index contributed by atoms with van der Waals surface area (Å²) in [7, 11) is 3.22. The highest BCUT2D eigenvalue weighted by Gasteiger charge is 2.37. The molecular weight excluding hydrogens is 400 g/mol. The average Bonchev–Trinajstić information content (AvgIpc) is 2.88. The smallest absolute Gasteiger partial charge is 0.325 e. The number of carbonyl (C=O) groups excluding carboxylic acids is 3. The molecule has 2 aliphatic heterocycles. The highest BCUT2D eigenvalue weighted by molar-refractivity contribution is 8.18. The van der Waals surface area contributed by atoms with Gasteiger partial charge in [0.2, 0.25) is 0 Å². The molecule has 2 heterocycles. The molecule has 0 N–H and O–H groups in total. The summed E-state index contributed by atoms with van der Waals surface area (Å²) >= 11 is 7.27. The van der Waals surface area contributed by atoms with Gasteiger partial charge in [-0.2, -0.15) is 0 Å². The summed E-state index contributed by atoms with van der Waals surface area (Å²) in [4.78, 5) is 39.3. The number of allylic oxidation sites excluding steroid dienone is 1. The topological polar surface area (TPSA) is 66.9 Å². The van der Waals surface area contributed by atoms with E-state index in [0.29, 0.717) is 10.6 Å². The molecule has 0 bridgehead atoms. The standard InChI is InChI=1S/C20H21ClN2O4S/c1-11-9-20(2,3)22(4)15-8-14(21)12(6-13(11)15)7-16-18(25)23(19(26)28-16)10-17(24)27-5/h6-9H,10H2,1-5H3/b16-7+. The van der Waals surface area contributed by atoms with Gasteiger partial charge >= 0.3 is 5.97 Å². The Morgan fingerprint density at radius 3 is 2.64 bits per heavy atom. The van der Waals surface area contributed by atoms with Crippen molar-refractivity contribution in [1.82, 2.24) is 4.90 Å². The van der Waals surface area contributed by atoms with Gasteiger partial charge in [0.1, 0.15) is 6.54 Å². The predicted octanol–water partition coefficient (Wildman–Crippen LogP) is 4.18. The minimum absolute atomic E-state index is 0.140. The largest absolute Gasteiger partial charge is 0.468 e. The van der Waals surface area contributed by atoms with Crippen LogP contribution in [0.25, 0.3) is 11.6 Å². The van der Waals surface area contributed by atoms with Crippen molar-refractivity contribution in [1.29, 1.82) is 0 Å². The van der Waals surface area contributed by atoms with E-state index in [2.05, 4.69) is 29.6 Å². The lowest BCUT2D eigenvalue weighted by molar-refractivity contribution is -0.143. The monoisotopic (exact) mass is 420 g/mol. The fraction of sp³-hybridized carbons (Fsp3) is 0.350. The van der Waals surface area contributed by atoms with E-state index < -0.39 is 23.7 Å². The van der Waals surface area contributed by atoms with Crippen molar-refractivity contribution in [2.45, 2.75) is 26.3 Å². The number of thioether (sulfide) groups is 1. The first kappa shape index (κ1) is 20.5. The lowest BCUT2D eigenvalue weighted by Gasteiger charge is -2.40. The van der Waals surface area contributed by atoms with Crippen LogP contribution >= 0.6 is 23.4 Å². The maximum absolute atomic E-state index is 12.5. The number of anilines is 1. The molecule has 2 aliphatic rings. The number of nitrogens with zero attached hydrogens (tertiary/aromatic N) is 2. The lowest BCUT2D eigenvalue weighted by atomic mass is 9.88. The third kappa shape index (κ3) is 3.56. The molecule has 8 heteroatoms. The van der Waals surface area contributed by atoms with Crippen LogP contribution < -0.4 is 4.90 Å². The Bertz CT molecular complexity index is 952. The molecule has 6 nitrogen and oxygen atoms in total. The Balaban J connectivity index is 1.98. The van der Waals surface area contributed by atoms with Gasteiger partial charge in [0, 0.05) is 23.3 Å². The van der Waals surface area contributed by atoms with Crippen molar-refractivity contribution >= 4 is 57.8 Å². The van der Waals surface area contributed by atoms with E-state index >= 15 is 0 Å². The van der Waals surface area contributed by atoms with Gasteiger partial charge in [0.25, 0.3) is 11.1 Å². The molecule has 1 saturated heterocycles. The summed E-state index contributed by atoms with van der Waals surface area (Å²) < 4.78 is 4.54. The second-order valence-electron chi connectivity index (χ2n) is 7.27. The van der Waals surface area contributed by atoms with Crippen LogP contribution in [0.5, 0.6) is 0 Å². The maximum Gasteiger partial charge on any atom is 0.325 e. The number of hydrogen-bond acceptors (Lipinski definition) is 6. The zero-order valence-corrected chi connectivity index (χ0v) is 17.9. The van der Waals surface area contributed by atoms with Crippen LogP contribution in [0.4, 0.5) is 10.5 Å². The molecule has 2 amide bonds. The Hall–Kier alpha value is -2.25. The number of amides is 2. The molecule has 148 valence electrons. The number of likely N-dealkylation sites (N-methyl/N-ethyl adjacent to an activating group) is 1. The molecule has 1 fully saturated rings. The van der Waals surface area contributed by atoms with Gasteiger partial charge in [0.05, 0.1) is 17.6 Å². The van der Waals surface area contributed by atoms with E-state index in [0.717, 1.165) is 33.5 Å². The number of methoxy groups -OCH3 is 1. The summed E-state index contributed by atoms with van der Waals surface area (Å²) in [6.45, 7) is 5.88. The Kier molecular flexibility index (Phi) is 5.34. The van der Waals surface area contributed by atoms with Crippen LogP contribution in [0.1, 0.15) is 31.9 Å². The van der Waals surface area contributed by atoms with E-state index in [1.165, 1.54) is 7.11 Å². The van der Waals surface area contributed by atoms with Crippen LogP contribution in [-0.2, 0) is 14.3 Å². The molecule has 0 aromatic heterocycles. The molecule has 0 unspecified atom stereocenters. The van der Waals surface area contributed by atoms with Gasteiger partial charge in [-0.3, -0.25) is 19.3 Å². The number of fused-ring (bicyclic) bond motifs is 1. The second kappa shape index (κ2) is 7.29. The van der Waals surface area contributed by atoms with Crippen LogP contribution in [0.15, 0.2) is 23.1 Å². The molecule has 0 radical (unpaired) electrons. The molecule has 1 aromatic rings. The van der Waals surface area contributed by atoms with Crippen LogP contribution in [-0.4, -0.2) is 48.3 Å². The van der Waals surface area contributed by atoms with E-state index in [-0.39, 0.29) is 10.4 Å². The van der Waals surface area contributed by atoms with Crippen molar-refractivity contribution in [2.24, 2.45) is 0 Å². The van der Waals surface area contributed by atoms with Crippen molar-refractivity contribution < 1.29 is 19.1 Å². The second-order valence-corrected chi connectivity index (χ2v) is 8.68. The molecular formula is C20H21ClN2O4S. The van der Waals surface area contributed by atoms with Crippen LogP contribution in [0.2, 0.25) is 5.02 Å². The molecule has 0 atom stereocenters. The zero-order valence-electron chi connectivity index (χ0n) is 16.3. The Morgan fingerprint density at radius 1 is 1.32 bits per heavy atom. The number of carbonyl (C=O) groups is 3. The number of ether oxygens (including phenoxy) is 1. The first-order valence-corrected chi connectivity index (χ1v) is 9.84. The van der Waals surface area contributed by atoms with Crippen molar-refractivity contribution in [2.75, 3.05) is 25.6 Å². The van der Waals surface area contributed by atoms with Gasteiger partial charge in [-0.15, -0.1) is 0 Å². The molecule has 0 spiro atoms. The van der Waals surface area contributed by atoms with Gasteiger partial charge < -0.3 is 9.64 Å². The normalized spacial score (nSPS) is 19.8. The molecule has 1 aromatic carbocycles. The first-order valence-electron chi connectivity index (χ1n) is 8.64. The summed E-state index contributed by atoms with van der Waals surface area (Å²) in [5, 5.41) is -0.0239. The Morgan fingerprint density at radius 2 is 2.00 bits per heavy atom. The first-order chi connectivity index (χ1) is 13.0. The summed E-state index contributed by atoms with van der Waals surface area (Å²) in [6.07, 6.45) is 3.77. The Labute approximate surface area is 173 Å². The van der Waals surface area contributed by atoms with Crippen molar-refractivity contribution in [3.8, 4) is 0 Å². The molecule has 3 rings (SSSR count). The lowest BCUT2D eigenvalue weighted by Crippen LogP contribution is -2.42. The van der Waals surface area contributed by atoms with E-state index in [1.807, 2.05) is 26.1 Å². The highest BCUT2D eigenvalue weighted by Crippen LogP contribution is 2.42. The fourth-order valence-electron chi connectivity index (χ4n) is 3.27. The van der Waals surface area contributed by atoms with Gasteiger partial charge in [-0.25, -0.2) is 0 Å². The zero-order chi connectivity index (χ0) is 20.8. The summed E-state index contributed by atoms with van der Waals surface area (Å²) in [5.74, 6) is -1.18. The number of imide groups is 1. The van der Waals surface area contributed by atoms with Crippen molar-refractivity contribution in [3.63, 3.8) is 0 Å². The predicted molar refractivity (Wildman–Crippen MR) is 112 cm³/mol. The van der Waals surface area contributed by atoms with E-state index in [1.54, 1.807) is 6.08 Å². The van der Waals surface area contributed by atoms with Crippen molar-refractivity contribution in [3.05, 3.63) is 39.3 Å². The number of hydrogen-bond donors (Lipinski definition) is 0. The van der Waals surface area contributed by atoms with Gasteiger partial charge in [0.15, 0.2) is 0 Å². The van der Waals surface area contributed by atoms with Crippen LogP contribution in [0, 0.1) is 0 Å². The summed E-state index contributed by atoms with van der Waals surface area (Å²) in [5.41, 5.74) is 3.64. The SMILES string of the molecule is COC(=O)CN1C(=O)S/C(=C/c2cc3c(cc2Cl)N(C)C(C)(C)C=C3C)C1=O. The van der Waals surface area contributed by atoms with Crippen LogP contribution in [0.3, 0.4) is 0 Å². The quantitative estimate of drug-likeness (QED) is 0.539. The van der Waals surface area contributed by atoms with Gasteiger partial charge in [-0.1, -0.05) is 17.7 Å². The average molecular weight is 421 g/mol. The maximum atomic E-state index is 12.5. The molecule has 0 saturated carbocycles. The minimum atomic E-state index is -0.651. The van der Waals surface area contributed by atoms with Gasteiger partial charge in [-0.05, 0) is 61.9 Å². The van der Waals surface area contributed by atoms with E-state index in [9.17, 15) is 14.4 Å². The third-order valence-corrected chi connectivity index (χ3v) is 6.25. The third-order valence-electron chi connectivity index (χ3n) is 5.01. The number of benzene rings is 1. The van der Waals surface area contributed by atoms with E-state index in [4.69, 9.17) is 11.6 Å². The number of rotatable bonds is 3. The molecule has 0 aliphatic carbocycles. The number of esters is 1. The fourth-order valence-corrected chi connectivity index (χ4v) is 4.31. The highest BCUT2D eigenvalue weighted by atomic mass is 35.5. The minimum Gasteiger partial charge on any atom is -0.468 e. The molecule has 28 heavy (non-hydrogen) atoms. The summed E-state index contributed by atoms with van der Waals surface area (Å²) in [6, 6.07) is 3.79.